The number of aromatic nitrogens is 3. The molecule has 1 fully saturated rings. The van der Waals surface area contributed by atoms with Crippen molar-refractivity contribution in [3.05, 3.63) is 76.4 Å². The van der Waals surface area contributed by atoms with Gasteiger partial charge < -0.3 is 15.2 Å². The van der Waals surface area contributed by atoms with Crippen LogP contribution in [0.4, 0.5) is 5.13 Å². The van der Waals surface area contributed by atoms with Gasteiger partial charge in [-0.3, -0.25) is 19.2 Å². The molecule has 1 aliphatic heterocycles. The Morgan fingerprint density at radius 2 is 1.89 bits per heavy atom. The highest BCUT2D eigenvalue weighted by atomic mass is 35.5. The van der Waals surface area contributed by atoms with E-state index >= 15 is 0 Å². The van der Waals surface area contributed by atoms with Crippen molar-refractivity contribution in [2.45, 2.75) is 52.7 Å². The Bertz CT molecular complexity index is 1850. The minimum absolute atomic E-state index is 0.0509. The summed E-state index contributed by atoms with van der Waals surface area (Å²) in [6, 6.07) is 15.1. The number of ether oxygens (including phenoxy) is 1. The van der Waals surface area contributed by atoms with E-state index in [-0.39, 0.29) is 18.3 Å². The van der Waals surface area contributed by atoms with E-state index in [0.29, 0.717) is 29.9 Å². The lowest BCUT2D eigenvalue weighted by Gasteiger charge is -2.31. The van der Waals surface area contributed by atoms with Crippen molar-refractivity contribution in [1.82, 2.24) is 20.1 Å². The first-order valence-electron chi connectivity index (χ1n) is 14.9. The number of aryl methyl sites for hydroxylation is 2. The smallest absolute Gasteiger partial charge is 0.310 e. The molecule has 1 aliphatic rings. The number of halogens is 1. The Balaban J connectivity index is 0.000000743. The number of rotatable bonds is 6. The molecule has 3 aromatic carbocycles. The fraction of sp³-hybridized carbons (Fsp3) is 0.353. The number of carbonyl (C=O) groups excluding carboxylic acids is 2. The first kappa shape index (κ1) is 32.6. The number of nitrogens with one attached hydrogen (secondary N) is 1. The van der Waals surface area contributed by atoms with E-state index in [1.165, 1.54) is 11.3 Å². The highest BCUT2D eigenvalue weighted by Gasteiger charge is 2.33. The van der Waals surface area contributed by atoms with Crippen LogP contribution in [-0.4, -0.2) is 57.0 Å². The van der Waals surface area contributed by atoms with Crippen LogP contribution < -0.4 is 10.2 Å². The normalized spacial score (nSPS) is 15.3. The predicted octanol–water partition coefficient (Wildman–Crippen LogP) is 6.37. The molecule has 5 aromatic rings. The zero-order valence-corrected chi connectivity index (χ0v) is 27.9. The number of hydrogen-bond acceptors (Lipinski definition) is 8. The summed E-state index contributed by atoms with van der Waals surface area (Å²) < 4.78 is 8.02. The van der Waals surface area contributed by atoms with Crippen molar-refractivity contribution in [1.29, 1.82) is 0 Å². The number of aliphatic hydroxyl groups is 1. The number of amides is 1. The fourth-order valence-corrected chi connectivity index (χ4v) is 6.63. The van der Waals surface area contributed by atoms with E-state index in [1.54, 1.807) is 32.6 Å². The second-order valence-electron chi connectivity index (χ2n) is 12.0. The Kier molecular flexibility index (Phi) is 9.60. The number of piperazine rings is 1. The van der Waals surface area contributed by atoms with Crippen LogP contribution in [0.2, 0.25) is 5.02 Å². The highest BCUT2D eigenvalue weighted by Crippen LogP contribution is 2.41. The minimum Gasteiger partial charge on any atom is -0.466 e. The third-order valence-electron chi connectivity index (χ3n) is 7.29. The van der Waals surface area contributed by atoms with Crippen LogP contribution >= 0.6 is 22.9 Å². The molecular weight excluding hydrogens is 610 g/mol. The van der Waals surface area contributed by atoms with Gasteiger partial charge in [-0.05, 0) is 87.2 Å². The van der Waals surface area contributed by atoms with Crippen LogP contribution in [0.3, 0.4) is 0 Å². The van der Waals surface area contributed by atoms with Crippen molar-refractivity contribution < 1.29 is 19.4 Å². The first-order chi connectivity index (χ1) is 21.3. The standard InChI is InChI=1S/C30H28ClN5O3S.C4H10O/c1-4-39-25(37)15-22-17(2)13-23-28(26(22)18-5-8-21(31)9-6-18)40-30(34-23)36-12-11-32-27(29(36)38)19-7-10-24-20(14-19)16-33-35(24)3;1-4(2,3)5/h5-10,13-14,16,27,32H,4,11-12,15H2,1-3H3;5H,1-3H3. The van der Waals surface area contributed by atoms with Gasteiger partial charge in [-0.25, -0.2) is 4.98 Å². The molecule has 3 heterocycles. The summed E-state index contributed by atoms with van der Waals surface area (Å²) in [5.74, 6) is -0.333. The molecule has 0 bridgehead atoms. The molecule has 0 saturated carbocycles. The number of esters is 1. The van der Waals surface area contributed by atoms with Crippen molar-refractivity contribution in [2.75, 3.05) is 24.6 Å². The van der Waals surface area contributed by atoms with Gasteiger partial charge in [-0.2, -0.15) is 5.10 Å². The summed E-state index contributed by atoms with van der Waals surface area (Å²) in [7, 11) is 1.90. The maximum Gasteiger partial charge on any atom is 0.310 e. The molecule has 6 rings (SSSR count). The van der Waals surface area contributed by atoms with Gasteiger partial charge in [-0.1, -0.05) is 41.1 Å². The number of nitrogens with zero attached hydrogens (tertiary/aromatic N) is 4. The average molecular weight is 648 g/mol. The second-order valence-corrected chi connectivity index (χ2v) is 13.4. The van der Waals surface area contributed by atoms with Crippen LogP contribution in [-0.2, 0) is 27.8 Å². The largest absolute Gasteiger partial charge is 0.466 e. The monoisotopic (exact) mass is 647 g/mol. The number of fused-ring (bicyclic) bond motifs is 2. The molecule has 2 N–H and O–H groups in total. The summed E-state index contributed by atoms with van der Waals surface area (Å²) in [4.78, 5) is 33.1. The maximum absolute atomic E-state index is 13.8. The van der Waals surface area contributed by atoms with Crippen LogP contribution in [0.15, 0.2) is 54.7 Å². The van der Waals surface area contributed by atoms with Crippen LogP contribution in [0.5, 0.6) is 0 Å². The van der Waals surface area contributed by atoms with E-state index < -0.39 is 11.6 Å². The Morgan fingerprint density at radius 3 is 2.58 bits per heavy atom. The molecule has 1 unspecified atom stereocenters. The maximum atomic E-state index is 13.8. The van der Waals surface area contributed by atoms with Crippen molar-refractivity contribution >= 4 is 61.1 Å². The summed E-state index contributed by atoms with van der Waals surface area (Å²) in [6.07, 6.45) is 1.96. The van der Waals surface area contributed by atoms with E-state index in [1.807, 2.05) is 73.4 Å². The number of carbonyl (C=O) groups is 2. The fourth-order valence-electron chi connectivity index (χ4n) is 5.33. The Hall–Kier alpha value is -3.83. The molecule has 45 heavy (non-hydrogen) atoms. The lowest BCUT2D eigenvalue weighted by atomic mass is 9.93. The quantitative estimate of drug-likeness (QED) is 0.206. The van der Waals surface area contributed by atoms with Gasteiger partial charge in [0.25, 0.3) is 5.91 Å². The minimum atomic E-state index is -0.500. The SMILES string of the molecule is CC(C)(C)O.CCOC(=O)Cc1c(C)cc2nc(N3CCNC(c4ccc5c(cnn5C)c4)C3=O)sc2c1-c1ccc(Cl)cc1. The molecule has 9 nitrogen and oxygen atoms in total. The predicted molar refractivity (Wildman–Crippen MR) is 181 cm³/mol. The zero-order chi connectivity index (χ0) is 32.5. The lowest BCUT2D eigenvalue weighted by Crippen LogP contribution is -2.50. The molecule has 1 atom stereocenters. The molecular formula is C34H38ClN5O4S. The van der Waals surface area contributed by atoms with Crippen molar-refractivity contribution in [3.8, 4) is 11.1 Å². The highest BCUT2D eigenvalue weighted by molar-refractivity contribution is 7.23. The number of hydrogen-bond donors (Lipinski definition) is 2. The van der Waals surface area contributed by atoms with Gasteiger partial charge >= 0.3 is 5.97 Å². The number of thiazole rings is 1. The Morgan fingerprint density at radius 1 is 1.18 bits per heavy atom. The number of anilines is 1. The van der Waals surface area contributed by atoms with E-state index in [9.17, 15) is 9.59 Å². The van der Waals surface area contributed by atoms with Gasteiger partial charge in [-0.15, -0.1) is 0 Å². The summed E-state index contributed by atoms with van der Waals surface area (Å²) in [5.41, 5.74) is 5.88. The summed E-state index contributed by atoms with van der Waals surface area (Å²) >= 11 is 7.66. The third kappa shape index (κ3) is 7.36. The van der Waals surface area contributed by atoms with Gasteiger partial charge in [0.05, 0.1) is 40.6 Å². The second kappa shape index (κ2) is 13.3. The van der Waals surface area contributed by atoms with Gasteiger partial charge in [0, 0.05) is 36.1 Å². The topological polar surface area (TPSA) is 110 Å². The number of benzene rings is 3. The van der Waals surface area contributed by atoms with E-state index in [2.05, 4.69) is 10.4 Å². The van der Waals surface area contributed by atoms with Gasteiger partial charge in [0.2, 0.25) is 0 Å². The summed E-state index contributed by atoms with van der Waals surface area (Å²) in [6.45, 7) is 10.5. The molecule has 0 aliphatic carbocycles. The Labute approximate surface area is 271 Å². The molecule has 2 aromatic heterocycles. The third-order valence-corrected chi connectivity index (χ3v) is 8.65. The molecule has 1 amide bonds. The summed E-state index contributed by atoms with van der Waals surface area (Å²) in [5, 5.41) is 18.5. The van der Waals surface area contributed by atoms with Crippen LogP contribution in [0.1, 0.15) is 50.4 Å². The molecule has 0 spiro atoms. The molecule has 0 radical (unpaired) electrons. The van der Waals surface area contributed by atoms with E-state index in [4.69, 9.17) is 26.4 Å². The molecule has 11 heteroatoms. The first-order valence-corrected chi connectivity index (χ1v) is 16.1. The lowest BCUT2D eigenvalue weighted by molar-refractivity contribution is -0.142. The van der Waals surface area contributed by atoms with Gasteiger partial charge in [0.1, 0.15) is 6.04 Å². The molecule has 1 saturated heterocycles. The molecule has 236 valence electrons. The van der Waals surface area contributed by atoms with Crippen molar-refractivity contribution in [2.24, 2.45) is 7.05 Å². The van der Waals surface area contributed by atoms with Crippen LogP contribution in [0.25, 0.3) is 32.2 Å². The zero-order valence-electron chi connectivity index (χ0n) is 26.3. The van der Waals surface area contributed by atoms with Crippen molar-refractivity contribution in [3.63, 3.8) is 0 Å². The van der Waals surface area contributed by atoms with E-state index in [0.717, 1.165) is 48.9 Å². The van der Waals surface area contributed by atoms with Crippen LogP contribution in [0, 0.1) is 6.92 Å². The van der Waals surface area contributed by atoms with Gasteiger partial charge in [0.15, 0.2) is 5.13 Å². The average Bonchev–Trinajstić information content (AvgIpc) is 3.56.